The molecule has 1 aliphatic rings. The Morgan fingerprint density at radius 1 is 1.46 bits per heavy atom. The first kappa shape index (κ1) is 16.8. The number of aryl methyl sites for hydroxylation is 2. The Bertz CT molecular complexity index is 677. The molecule has 0 saturated carbocycles. The van der Waals surface area contributed by atoms with E-state index in [0.717, 1.165) is 37.4 Å². The molecule has 2 aromatic heterocycles. The highest BCUT2D eigenvalue weighted by atomic mass is 16.3. The van der Waals surface area contributed by atoms with E-state index in [-0.39, 0.29) is 5.91 Å². The molecule has 0 bridgehead atoms. The van der Waals surface area contributed by atoms with Crippen molar-refractivity contribution in [2.75, 3.05) is 20.1 Å². The molecule has 1 saturated heterocycles. The van der Waals surface area contributed by atoms with Gasteiger partial charge >= 0.3 is 0 Å². The van der Waals surface area contributed by atoms with Gasteiger partial charge in [0.05, 0.1) is 31.6 Å². The van der Waals surface area contributed by atoms with E-state index in [9.17, 15) is 4.79 Å². The minimum absolute atomic E-state index is 0.131. The van der Waals surface area contributed by atoms with Gasteiger partial charge in [-0.2, -0.15) is 5.10 Å². The predicted molar refractivity (Wildman–Crippen MR) is 91.5 cm³/mol. The fourth-order valence-electron chi connectivity index (χ4n) is 3.39. The van der Waals surface area contributed by atoms with E-state index in [1.165, 1.54) is 5.69 Å². The summed E-state index contributed by atoms with van der Waals surface area (Å²) in [7, 11) is 1.83. The van der Waals surface area contributed by atoms with E-state index in [4.69, 9.17) is 4.42 Å². The van der Waals surface area contributed by atoms with E-state index in [0.29, 0.717) is 19.1 Å². The van der Waals surface area contributed by atoms with Crippen LogP contribution < -0.4 is 0 Å². The number of rotatable bonds is 6. The second kappa shape index (κ2) is 7.21. The van der Waals surface area contributed by atoms with E-state index in [1.54, 1.807) is 11.2 Å². The van der Waals surface area contributed by atoms with Crippen molar-refractivity contribution < 1.29 is 9.21 Å². The van der Waals surface area contributed by atoms with E-state index in [1.807, 2.05) is 26.1 Å². The van der Waals surface area contributed by atoms with Gasteiger partial charge in [0.2, 0.25) is 5.91 Å². The molecule has 0 radical (unpaired) electrons. The number of hydrogen-bond acceptors (Lipinski definition) is 4. The summed E-state index contributed by atoms with van der Waals surface area (Å²) in [5.74, 6) is 0.943. The second-order valence-corrected chi connectivity index (χ2v) is 6.70. The Hall–Kier alpha value is -2.08. The topological polar surface area (TPSA) is 54.5 Å². The summed E-state index contributed by atoms with van der Waals surface area (Å²) in [5, 5.41) is 4.55. The number of likely N-dealkylation sites (tertiary alicyclic amines) is 1. The standard InChI is InChI=1S/C18H26N4O2/c1-14-10-15(2)22(19-14)11-16-6-4-8-21(16)13-18(23)20(3)12-17-7-5-9-24-17/h5,7,9-10,16H,4,6,8,11-13H2,1-3H3/t16-/m1/s1. The summed E-state index contributed by atoms with van der Waals surface area (Å²) in [6.07, 6.45) is 3.89. The summed E-state index contributed by atoms with van der Waals surface area (Å²) in [6.45, 7) is 6.91. The van der Waals surface area contributed by atoms with Crippen molar-refractivity contribution in [3.05, 3.63) is 41.6 Å². The van der Waals surface area contributed by atoms with Crippen LogP contribution in [-0.4, -0.2) is 51.7 Å². The maximum absolute atomic E-state index is 12.5. The predicted octanol–water partition coefficient (Wildman–Crippen LogP) is 2.22. The molecule has 3 rings (SSSR count). The van der Waals surface area contributed by atoms with Crippen LogP contribution in [0.4, 0.5) is 0 Å². The first-order valence-electron chi connectivity index (χ1n) is 8.54. The molecule has 6 heteroatoms. The summed E-state index contributed by atoms with van der Waals surface area (Å²) in [4.78, 5) is 16.5. The number of aromatic nitrogens is 2. The van der Waals surface area contributed by atoms with Crippen molar-refractivity contribution in [2.45, 2.75) is 45.8 Å². The molecule has 0 spiro atoms. The molecule has 2 aromatic rings. The van der Waals surface area contributed by atoms with Gasteiger partial charge < -0.3 is 9.32 Å². The molecule has 130 valence electrons. The van der Waals surface area contributed by atoms with Gasteiger partial charge in [-0.3, -0.25) is 14.4 Å². The smallest absolute Gasteiger partial charge is 0.236 e. The number of amides is 1. The summed E-state index contributed by atoms with van der Waals surface area (Å²) >= 11 is 0. The van der Waals surface area contributed by atoms with Crippen LogP contribution in [0.1, 0.15) is 30.0 Å². The third-order valence-corrected chi connectivity index (χ3v) is 4.72. The number of likely N-dealkylation sites (N-methyl/N-ethyl adjacent to an activating group) is 1. The molecule has 1 atom stereocenters. The Balaban J connectivity index is 1.57. The highest BCUT2D eigenvalue weighted by Crippen LogP contribution is 2.20. The van der Waals surface area contributed by atoms with Crippen LogP contribution in [0.5, 0.6) is 0 Å². The third kappa shape index (κ3) is 3.87. The van der Waals surface area contributed by atoms with Crippen molar-refractivity contribution >= 4 is 5.91 Å². The van der Waals surface area contributed by atoms with Crippen molar-refractivity contribution in [2.24, 2.45) is 0 Å². The van der Waals surface area contributed by atoms with Crippen molar-refractivity contribution in [3.63, 3.8) is 0 Å². The van der Waals surface area contributed by atoms with Crippen LogP contribution in [0.3, 0.4) is 0 Å². The molecule has 1 aliphatic heterocycles. The van der Waals surface area contributed by atoms with Gasteiger partial charge in [-0.15, -0.1) is 0 Å². The lowest BCUT2D eigenvalue weighted by Crippen LogP contribution is -2.42. The summed E-state index contributed by atoms with van der Waals surface area (Å²) in [5.41, 5.74) is 2.23. The van der Waals surface area contributed by atoms with E-state index >= 15 is 0 Å². The van der Waals surface area contributed by atoms with Gasteiger partial charge in [-0.05, 0) is 51.4 Å². The number of carbonyl (C=O) groups excluding carboxylic acids is 1. The Labute approximate surface area is 143 Å². The van der Waals surface area contributed by atoms with Gasteiger partial charge in [-0.25, -0.2) is 0 Å². The average Bonchev–Trinajstić information content (AvgIpc) is 3.24. The van der Waals surface area contributed by atoms with Gasteiger partial charge in [0, 0.05) is 18.8 Å². The number of carbonyl (C=O) groups is 1. The zero-order valence-corrected chi connectivity index (χ0v) is 14.7. The molecule has 1 amide bonds. The molecule has 6 nitrogen and oxygen atoms in total. The van der Waals surface area contributed by atoms with Crippen LogP contribution in [0.25, 0.3) is 0 Å². The zero-order valence-electron chi connectivity index (χ0n) is 14.7. The highest BCUT2D eigenvalue weighted by Gasteiger charge is 2.28. The fourth-order valence-corrected chi connectivity index (χ4v) is 3.39. The maximum atomic E-state index is 12.5. The molecule has 1 fully saturated rings. The van der Waals surface area contributed by atoms with Crippen LogP contribution in [0.2, 0.25) is 0 Å². The number of hydrogen-bond donors (Lipinski definition) is 0. The third-order valence-electron chi connectivity index (χ3n) is 4.72. The molecule has 0 unspecified atom stereocenters. The van der Waals surface area contributed by atoms with Crippen molar-refractivity contribution in [3.8, 4) is 0 Å². The zero-order chi connectivity index (χ0) is 17.1. The van der Waals surface area contributed by atoms with Crippen molar-refractivity contribution in [1.29, 1.82) is 0 Å². The number of furan rings is 1. The Morgan fingerprint density at radius 2 is 2.29 bits per heavy atom. The first-order valence-corrected chi connectivity index (χ1v) is 8.54. The molecular formula is C18H26N4O2. The van der Waals surface area contributed by atoms with Crippen LogP contribution >= 0.6 is 0 Å². The molecule has 3 heterocycles. The average molecular weight is 330 g/mol. The van der Waals surface area contributed by atoms with Crippen LogP contribution in [0.15, 0.2) is 28.9 Å². The minimum Gasteiger partial charge on any atom is -0.467 e. The normalized spacial score (nSPS) is 18.2. The highest BCUT2D eigenvalue weighted by molar-refractivity contribution is 5.78. The largest absolute Gasteiger partial charge is 0.467 e. The molecule has 0 aromatic carbocycles. The lowest BCUT2D eigenvalue weighted by Gasteiger charge is -2.26. The summed E-state index contributed by atoms with van der Waals surface area (Å²) < 4.78 is 7.39. The molecule has 0 aliphatic carbocycles. The first-order chi connectivity index (χ1) is 11.5. The molecular weight excluding hydrogens is 304 g/mol. The number of nitrogens with zero attached hydrogens (tertiary/aromatic N) is 4. The lowest BCUT2D eigenvalue weighted by atomic mass is 10.2. The van der Waals surface area contributed by atoms with Gasteiger partial charge in [0.15, 0.2) is 0 Å². The molecule has 0 N–H and O–H groups in total. The van der Waals surface area contributed by atoms with Gasteiger partial charge in [-0.1, -0.05) is 0 Å². The maximum Gasteiger partial charge on any atom is 0.236 e. The van der Waals surface area contributed by atoms with E-state index < -0.39 is 0 Å². The second-order valence-electron chi connectivity index (χ2n) is 6.70. The van der Waals surface area contributed by atoms with Gasteiger partial charge in [0.25, 0.3) is 0 Å². The quantitative estimate of drug-likeness (QED) is 0.815. The van der Waals surface area contributed by atoms with Crippen LogP contribution in [-0.2, 0) is 17.9 Å². The lowest BCUT2D eigenvalue weighted by molar-refractivity contribution is -0.132. The Morgan fingerprint density at radius 3 is 2.96 bits per heavy atom. The Kier molecular flexibility index (Phi) is 5.04. The fraction of sp³-hybridized carbons (Fsp3) is 0.556. The van der Waals surface area contributed by atoms with Gasteiger partial charge in [0.1, 0.15) is 5.76 Å². The summed E-state index contributed by atoms with van der Waals surface area (Å²) in [6, 6.07) is 6.22. The van der Waals surface area contributed by atoms with Crippen molar-refractivity contribution in [1.82, 2.24) is 19.6 Å². The van der Waals surface area contributed by atoms with E-state index in [2.05, 4.69) is 27.7 Å². The molecule has 24 heavy (non-hydrogen) atoms. The monoisotopic (exact) mass is 330 g/mol. The SMILES string of the molecule is Cc1cc(C)n(C[C@H]2CCCN2CC(=O)N(C)Cc2ccco2)n1. The van der Waals surface area contributed by atoms with Crippen LogP contribution in [0, 0.1) is 13.8 Å². The minimum atomic E-state index is 0.131.